The molecule has 0 bridgehead atoms. The number of nitrogens with zero attached hydrogens (tertiary/aromatic N) is 1. The normalized spacial score (nSPS) is 12.2. The van der Waals surface area contributed by atoms with Crippen molar-refractivity contribution in [2.75, 3.05) is 19.0 Å². The Morgan fingerprint density at radius 1 is 1.73 bits per heavy atom. The van der Waals surface area contributed by atoms with E-state index in [2.05, 4.69) is 10.3 Å². The first-order valence-corrected chi connectivity index (χ1v) is 4.70. The van der Waals surface area contributed by atoms with Gasteiger partial charge in [0, 0.05) is 13.7 Å². The average molecular weight is 230 g/mol. The molecule has 1 unspecified atom stereocenters. The number of aromatic nitrogens is 1. The molecule has 0 aliphatic rings. The van der Waals surface area contributed by atoms with Crippen molar-refractivity contribution >= 4 is 23.2 Å². The molecule has 1 heterocycles. The third-order valence-electron chi connectivity index (χ3n) is 1.79. The van der Waals surface area contributed by atoms with E-state index in [0.717, 1.165) is 0 Å². The van der Waals surface area contributed by atoms with Crippen LogP contribution in [0.4, 0.5) is 5.69 Å². The molecular formula is C9H12ClN3O2. The molecule has 1 amide bonds. The number of pyridine rings is 1. The van der Waals surface area contributed by atoms with Crippen molar-refractivity contribution in [1.29, 1.82) is 0 Å². The molecule has 0 aromatic carbocycles. The molecule has 1 aromatic heterocycles. The number of rotatable bonds is 4. The van der Waals surface area contributed by atoms with Gasteiger partial charge in [0.15, 0.2) is 0 Å². The number of anilines is 1. The third kappa shape index (κ3) is 3.47. The summed E-state index contributed by atoms with van der Waals surface area (Å²) >= 11 is 5.60. The molecule has 0 aliphatic carbocycles. The van der Waals surface area contributed by atoms with Gasteiger partial charge in [-0.05, 0) is 12.1 Å². The van der Waals surface area contributed by atoms with E-state index < -0.39 is 6.10 Å². The maximum absolute atomic E-state index is 11.5. The summed E-state index contributed by atoms with van der Waals surface area (Å²) in [4.78, 5) is 15.3. The van der Waals surface area contributed by atoms with Crippen molar-refractivity contribution < 1.29 is 9.53 Å². The van der Waals surface area contributed by atoms with Crippen LogP contribution in [0, 0.1) is 0 Å². The summed E-state index contributed by atoms with van der Waals surface area (Å²) in [5.41, 5.74) is 5.89. The Bertz CT molecular complexity index is 325. The van der Waals surface area contributed by atoms with Crippen LogP contribution in [-0.4, -0.2) is 30.6 Å². The fraction of sp³-hybridized carbons (Fsp3) is 0.333. The standard InChI is InChI=1S/C9H12ClN3O2/c1-15-7(4-11)9(14)13-6-2-3-8(10)12-5-6/h2-3,5,7H,4,11H2,1H3,(H,13,14). The Balaban J connectivity index is 2.61. The van der Waals surface area contributed by atoms with E-state index in [1.165, 1.54) is 13.3 Å². The van der Waals surface area contributed by atoms with Crippen LogP contribution < -0.4 is 11.1 Å². The van der Waals surface area contributed by atoms with E-state index in [1.54, 1.807) is 12.1 Å². The molecule has 1 rings (SSSR count). The Morgan fingerprint density at radius 3 is 2.93 bits per heavy atom. The number of ether oxygens (including phenoxy) is 1. The average Bonchev–Trinajstić information content (AvgIpc) is 2.23. The summed E-state index contributed by atoms with van der Waals surface area (Å²) in [6.45, 7) is 0.128. The molecule has 0 spiro atoms. The maximum Gasteiger partial charge on any atom is 0.254 e. The van der Waals surface area contributed by atoms with Gasteiger partial charge in [0.1, 0.15) is 11.3 Å². The van der Waals surface area contributed by atoms with E-state index in [0.29, 0.717) is 10.8 Å². The molecule has 5 nitrogen and oxygen atoms in total. The summed E-state index contributed by atoms with van der Waals surface area (Å²) in [6.07, 6.45) is 0.810. The number of halogens is 1. The van der Waals surface area contributed by atoms with Crippen LogP contribution in [0.5, 0.6) is 0 Å². The number of nitrogens with two attached hydrogens (primary N) is 1. The predicted molar refractivity (Wildman–Crippen MR) is 57.7 cm³/mol. The van der Waals surface area contributed by atoms with E-state index in [-0.39, 0.29) is 12.5 Å². The molecule has 82 valence electrons. The van der Waals surface area contributed by atoms with Crippen LogP contribution in [0.2, 0.25) is 5.15 Å². The van der Waals surface area contributed by atoms with Gasteiger partial charge in [-0.2, -0.15) is 0 Å². The van der Waals surface area contributed by atoms with Gasteiger partial charge < -0.3 is 15.8 Å². The quantitative estimate of drug-likeness (QED) is 0.743. The minimum Gasteiger partial charge on any atom is -0.370 e. The zero-order valence-electron chi connectivity index (χ0n) is 8.24. The first-order chi connectivity index (χ1) is 7.17. The lowest BCUT2D eigenvalue weighted by Gasteiger charge is -2.12. The SMILES string of the molecule is COC(CN)C(=O)Nc1ccc(Cl)nc1. The van der Waals surface area contributed by atoms with E-state index in [4.69, 9.17) is 22.1 Å². The van der Waals surface area contributed by atoms with Gasteiger partial charge in [-0.25, -0.2) is 4.98 Å². The largest absolute Gasteiger partial charge is 0.370 e. The fourth-order valence-electron chi connectivity index (χ4n) is 0.983. The Labute approximate surface area is 92.6 Å². The number of hydrogen-bond acceptors (Lipinski definition) is 4. The molecule has 3 N–H and O–H groups in total. The summed E-state index contributed by atoms with van der Waals surface area (Å²) in [5, 5.41) is 2.98. The van der Waals surface area contributed by atoms with Gasteiger partial charge >= 0.3 is 0 Å². The van der Waals surface area contributed by atoms with Crippen molar-refractivity contribution in [2.24, 2.45) is 5.73 Å². The molecule has 1 atom stereocenters. The Kier molecular flexibility index (Phi) is 4.48. The zero-order valence-corrected chi connectivity index (χ0v) is 8.99. The highest BCUT2D eigenvalue weighted by Gasteiger charge is 2.15. The van der Waals surface area contributed by atoms with Crippen LogP contribution in [-0.2, 0) is 9.53 Å². The van der Waals surface area contributed by atoms with Crippen molar-refractivity contribution in [3.05, 3.63) is 23.5 Å². The second-order valence-corrected chi connectivity index (χ2v) is 3.21. The van der Waals surface area contributed by atoms with Crippen LogP contribution in [0.25, 0.3) is 0 Å². The fourth-order valence-corrected chi connectivity index (χ4v) is 1.09. The number of nitrogens with one attached hydrogen (secondary N) is 1. The number of hydrogen-bond donors (Lipinski definition) is 2. The second kappa shape index (κ2) is 5.65. The smallest absolute Gasteiger partial charge is 0.254 e. The Morgan fingerprint density at radius 2 is 2.47 bits per heavy atom. The summed E-state index contributed by atoms with van der Waals surface area (Å²) in [6, 6.07) is 3.23. The topological polar surface area (TPSA) is 77.2 Å². The molecule has 0 aliphatic heterocycles. The van der Waals surface area contributed by atoms with Crippen molar-refractivity contribution in [3.63, 3.8) is 0 Å². The predicted octanol–water partition coefficient (Wildman–Crippen LogP) is 0.647. The second-order valence-electron chi connectivity index (χ2n) is 2.82. The monoisotopic (exact) mass is 229 g/mol. The van der Waals surface area contributed by atoms with Crippen LogP contribution in [0.1, 0.15) is 0 Å². The number of carbonyl (C=O) groups excluding carboxylic acids is 1. The third-order valence-corrected chi connectivity index (χ3v) is 2.01. The number of carbonyl (C=O) groups is 1. The molecule has 0 fully saturated rings. The lowest BCUT2D eigenvalue weighted by Crippen LogP contribution is -2.35. The molecule has 1 aromatic rings. The van der Waals surface area contributed by atoms with Crippen molar-refractivity contribution in [2.45, 2.75) is 6.10 Å². The van der Waals surface area contributed by atoms with Crippen LogP contribution in [0.3, 0.4) is 0 Å². The van der Waals surface area contributed by atoms with Gasteiger partial charge in [0.2, 0.25) is 0 Å². The molecular weight excluding hydrogens is 218 g/mol. The summed E-state index contributed by atoms with van der Waals surface area (Å²) in [7, 11) is 1.43. The molecule has 15 heavy (non-hydrogen) atoms. The highest BCUT2D eigenvalue weighted by Crippen LogP contribution is 2.10. The summed E-state index contributed by atoms with van der Waals surface area (Å²) in [5.74, 6) is -0.302. The van der Waals surface area contributed by atoms with Crippen molar-refractivity contribution in [3.8, 4) is 0 Å². The lowest BCUT2D eigenvalue weighted by atomic mass is 10.3. The van der Waals surface area contributed by atoms with E-state index >= 15 is 0 Å². The van der Waals surface area contributed by atoms with E-state index in [9.17, 15) is 4.79 Å². The minimum atomic E-state index is -0.652. The minimum absolute atomic E-state index is 0.128. The molecule has 0 radical (unpaired) electrons. The van der Waals surface area contributed by atoms with Crippen molar-refractivity contribution in [1.82, 2.24) is 4.98 Å². The van der Waals surface area contributed by atoms with Crippen LogP contribution >= 0.6 is 11.6 Å². The maximum atomic E-state index is 11.5. The van der Waals surface area contributed by atoms with Gasteiger partial charge in [-0.1, -0.05) is 11.6 Å². The van der Waals surface area contributed by atoms with Gasteiger partial charge in [0.25, 0.3) is 5.91 Å². The zero-order chi connectivity index (χ0) is 11.3. The molecule has 6 heteroatoms. The van der Waals surface area contributed by atoms with E-state index in [1.807, 2.05) is 0 Å². The van der Waals surface area contributed by atoms with Gasteiger partial charge in [-0.3, -0.25) is 4.79 Å². The number of amides is 1. The molecule has 0 saturated heterocycles. The highest BCUT2D eigenvalue weighted by molar-refractivity contribution is 6.29. The first-order valence-electron chi connectivity index (χ1n) is 4.32. The summed E-state index contributed by atoms with van der Waals surface area (Å²) < 4.78 is 4.87. The van der Waals surface area contributed by atoms with Gasteiger partial charge in [-0.15, -0.1) is 0 Å². The van der Waals surface area contributed by atoms with Crippen LogP contribution in [0.15, 0.2) is 18.3 Å². The number of methoxy groups -OCH3 is 1. The lowest BCUT2D eigenvalue weighted by molar-refractivity contribution is -0.125. The Hall–Kier alpha value is -1.17. The molecule has 0 saturated carbocycles. The first kappa shape index (κ1) is 11.9. The van der Waals surface area contributed by atoms with Gasteiger partial charge in [0.05, 0.1) is 11.9 Å². The highest BCUT2D eigenvalue weighted by atomic mass is 35.5.